The molecular formula is C25H33NO8S. The number of nitrogens with zero attached hydrogens (tertiary/aromatic N) is 1. The van der Waals surface area contributed by atoms with Crippen LogP contribution in [0.3, 0.4) is 0 Å². The fourth-order valence-corrected chi connectivity index (χ4v) is 5.91. The molecule has 1 aliphatic heterocycles. The van der Waals surface area contributed by atoms with E-state index >= 15 is 0 Å². The molecule has 0 aliphatic carbocycles. The van der Waals surface area contributed by atoms with Crippen molar-refractivity contribution in [1.82, 2.24) is 4.90 Å². The van der Waals surface area contributed by atoms with Crippen molar-refractivity contribution in [2.24, 2.45) is 0 Å². The highest BCUT2D eigenvalue weighted by atomic mass is 32.2. The van der Waals surface area contributed by atoms with Crippen molar-refractivity contribution in [3.63, 3.8) is 0 Å². The molecule has 3 N–H and O–H groups in total. The second-order valence-corrected chi connectivity index (χ2v) is 10.6. The van der Waals surface area contributed by atoms with Gasteiger partial charge in [-0.2, -0.15) is 8.42 Å². The van der Waals surface area contributed by atoms with Crippen molar-refractivity contribution in [2.75, 3.05) is 13.2 Å². The van der Waals surface area contributed by atoms with Gasteiger partial charge in [-0.3, -0.25) is 9.08 Å². The number of aliphatic hydroxyl groups is 3. The highest BCUT2D eigenvalue weighted by Gasteiger charge is 2.42. The minimum atomic E-state index is -4.13. The lowest BCUT2D eigenvalue weighted by atomic mass is 10.0. The first-order chi connectivity index (χ1) is 16.5. The molecule has 35 heavy (non-hydrogen) atoms. The molecule has 1 saturated heterocycles. The summed E-state index contributed by atoms with van der Waals surface area (Å²) in [6, 6.07) is 11.6. The zero-order valence-corrected chi connectivity index (χ0v) is 20.9. The van der Waals surface area contributed by atoms with Crippen LogP contribution in [-0.4, -0.2) is 72.2 Å². The smallest absolute Gasteiger partial charge is 0.410 e. The Hall–Kier alpha value is -2.50. The van der Waals surface area contributed by atoms with Crippen molar-refractivity contribution in [3.05, 3.63) is 64.7 Å². The summed E-state index contributed by atoms with van der Waals surface area (Å²) in [6.07, 6.45) is -4.42. The van der Waals surface area contributed by atoms with E-state index in [4.69, 9.17) is 8.92 Å². The first kappa shape index (κ1) is 27.1. The van der Waals surface area contributed by atoms with Crippen molar-refractivity contribution in [3.8, 4) is 0 Å². The monoisotopic (exact) mass is 507 g/mol. The fourth-order valence-electron chi connectivity index (χ4n) is 4.55. The molecule has 1 aliphatic rings. The Labute approximate surface area is 206 Å². The van der Waals surface area contributed by atoms with Crippen LogP contribution < -0.4 is 0 Å². The Kier molecular flexibility index (Phi) is 8.89. The third kappa shape index (κ3) is 6.80. The van der Waals surface area contributed by atoms with Crippen LogP contribution in [0.25, 0.3) is 0 Å². The van der Waals surface area contributed by atoms with Crippen LogP contribution in [0, 0.1) is 20.8 Å². The average molecular weight is 508 g/mol. The number of rotatable bonds is 9. The van der Waals surface area contributed by atoms with Crippen LogP contribution in [0.4, 0.5) is 4.79 Å². The molecule has 3 rings (SSSR count). The van der Waals surface area contributed by atoms with Crippen LogP contribution in [0.1, 0.15) is 35.1 Å². The minimum Gasteiger partial charge on any atom is -0.445 e. The topological polar surface area (TPSA) is 134 Å². The van der Waals surface area contributed by atoms with Crippen LogP contribution in [0.15, 0.2) is 47.4 Å². The van der Waals surface area contributed by atoms with Crippen molar-refractivity contribution in [1.29, 1.82) is 0 Å². The van der Waals surface area contributed by atoms with Crippen molar-refractivity contribution in [2.45, 2.75) is 69.5 Å². The summed E-state index contributed by atoms with van der Waals surface area (Å²) >= 11 is 0. The van der Waals surface area contributed by atoms with E-state index < -0.39 is 47.2 Å². The van der Waals surface area contributed by atoms with E-state index in [1.54, 1.807) is 26.0 Å². The van der Waals surface area contributed by atoms with Crippen molar-refractivity contribution < 1.29 is 37.5 Å². The van der Waals surface area contributed by atoms with Gasteiger partial charge in [0.05, 0.1) is 35.9 Å². The number of ether oxygens (including phenoxy) is 1. The molecule has 1 fully saturated rings. The summed E-state index contributed by atoms with van der Waals surface area (Å²) < 4.78 is 35.8. The average Bonchev–Trinajstić information content (AvgIpc) is 3.17. The van der Waals surface area contributed by atoms with Gasteiger partial charge in [0.1, 0.15) is 6.61 Å². The number of carbonyl (C=O) groups is 1. The molecule has 10 heteroatoms. The molecule has 0 saturated carbocycles. The summed E-state index contributed by atoms with van der Waals surface area (Å²) in [5.41, 5.74) is 2.79. The molecule has 4 atom stereocenters. The lowest BCUT2D eigenvalue weighted by Crippen LogP contribution is -2.48. The molecule has 1 amide bonds. The summed E-state index contributed by atoms with van der Waals surface area (Å²) in [7, 11) is -4.13. The summed E-state index contributed by atoms with van der Waals surface area (Å²) in [5, 5.41) is 31.4. The number of benzene rings is 2. The maximum absolute atomic E-state index is 12.7. The Balaban J connectivity index is 1.58. The van der Waals surface area contributed by atoms with Crippen molar-refractivity contribution >= 4 is 16.2 Å². The second kappa shape index (κ2) is 11.5. The predicted octanol–water partition coefficient (Wildman–Crippen LogP) is 2.20. The molecule has 1 heterocycles. The third-order valence-corrected chi connectivity index (χ3v) is 7.63. The molecule has 0 spiro atoms. The molecule has 0 bridgehead atoms. The van der Waals surface area contributed by atoms with Gasteiger partial charge in [-0.15, -0.1) is 0 Å². The third-order valence-electron chi connectivity index (χ3n) is 6.04. The van der Waals surface area contributed by atoms with E-state index in [0.29, 0.717) is 11.1 Å². The molecular weight excluding hydrogens is 474 g/mol. The Bertz CT molecular complexity index is 1100. The molecule has 0 unspecified atom stereocenters. The van der Waals surface area contributed by atoms with Crippen LogP contribution in [0.2, 0.25) is 0 Å². The van der Waals surface area contributed by atoms with E-state index in [9.17, 15) is 28.5 Å². The van der Waals surface area contributed by atoms with Gasteiger partial charge in [-0.1, -0.05) is 48.0 Å². The lowest BCUT2D eigenvalue weighted by Gasteiger charge is -2.30. The Morgan fingerprint density at radius 3 is 2.37 bits per heavy atom. The number of aryl methyl sites for hydroxylation is 3. The number of hydrogen-bond donors (Lipinski definition) is 3. The van der Waals surface area contributed by atoms with E-state index in [-0.39, 0.29) is 30.9 Å². The molecule has 0 radical (unpaired) electrons. The van der Waals surface area contributed by atoms with Gasteiger partial charge >= 0.3 is 6.09 Å². The zero-order valence-electron chi connectivity index (χ0n) is 20.1. The first-order valence-electron chi connectivity index (χ1n) is 11.5. The Morgan fingerprint density at radius 2 is 1.74 bits per heavy atom. The minimum absolute atomic E-state index is 0.0429. The van der Waals surface area contributed by atoms with Gasteiger partial charge < -0.3 is 20.1 Å². The standard InChI is InChI=1S/C25H33NO8S/c1-16-11-17(2)24(18(3)12-16)35(31,32)34-15-20(27)13-22(29)23-21(28)9-10-26(23)25(30)33-14-19-7-5-4-6-8-19/h4-8,11-12,20-23,27-29H,9-10,13-15H2,1-3H3/t20-,21-,22-,23+/m0/s1. The Morgan fingerprint density at radius 1 is 1.11 bits per heavy atom. The second-order valence-electron chi connectivity index (χ2n) is 9.00. The summed E-state index contributed by atoms with van der Waals surface area (Å²) in [4.78, 5) is 13.9. The number of carbonyl (C=O) groups excluding carboxylic acids is 1. The molecule has 2 aromatic carbocycles. The molecule has 2 aromatic rings. The van der Waals surface area contributed by atoms with Gasteiger partial charge in [0, 0.05) is 13.0 Å². The van der Waals surface area contributed by atoms with Gasteiger partial charge in [0.2, 0.25) is 0 Å². The van der Waals surface area contributed by atoms with Gasteiger partial charge in [-0.25, -0.2) is 4.79 Å². The normalized spacial score (nSPS) is 20.0. The van der Waals surface area contributed by atoms with Gasteiger partial charge in [0.15, 0.2) is 0 Å². The van der Waals surface area contributed by atoms with E-state index in [1.165, 1.54) is 4.90 Å². The molecule has 0 aromatic heterocycles. The lowest BCUT2D eigenvalue weighted by molar-refractivity contribution is -0.0201. The maximum atomic E-state index is 12.7. The number of likely N-dealkylation sites (tertiary alicyclic amines) is 1. The largest absolute Gasteiger partial charge is 0.445 e. The van der Waals surface area contributed by atoms with Gasteiger partial charge in [0.25, 0.3) is 10.1 Å². The van der Waals surface area contributed by atoms with Crippen LogP contribution in [0.5, 0.6) is 0 Å². The SMILES string of the molecule is Cc1cc(C)c(S(=O)(=O)OC[C@@H](O)C[C@H](O)[C@H]2[C@@H](O)CCN2C(=O)OCc2ccccc2)c(C)c1. The maximum Gasteiger partial charge on any atom is 0.410 e. The highest BCUT2D eigenvalue weighted by molar-refractivity contribution is 7.86. The summed E-state index contributed by atoms with van der Waals surface area (Å²) in [5.74, 6) is 0. The predicted molar refractivity (Wildman–Crippen MR) is 128 cm³/mol. The number of amides is 1. The summed E-state index contributed by atoms with van der Waals surface area (Å²) in [6.45, 7) is 4.85. The fraction of sp³-hybridized carbons (Fsp3) is 0.480. The highest BCUT2D eigenvalue weighted by Crippen LogP contribution is 2.26. The van der Waals surface area contributed by atoms with Crippen LogP contribution >= 0.6 is 0 Å². The van der Waals surface area contributed by atoms with Gasteiger partial charge in [-0.05, 0) is 43.9 Å². The molecule has 9 nitrogen and oxygen atoms in total. The van der Waals surface area contributed by atoms with E-state index in [0.717, 1.165) is 11.1 Å². The van der Waals surface area contributed by atoms with E-state index in [1.807, 2.05) is 37.3 Å². The first-order valence-corrected chi connectivity index (χ1v) is 12.9. The quantitative estimate of drug-likeness (QED) is 0.440. The molecule has 192 valence electrons. The number of hydrogen-bond acceptors (Lipinski definition) is 8. The zero-order chi connectivity index (χ0) is 25.8. The van der Waals surface area contributed by atoms with E-state index in [2.05, 4.69) is 0 Å². The number of aliphatic hydroxyl groups excluding tert-OH is 3. The van der Waals surface area contributed by atoms with Crippen LogP contribution in [-0.2, 0) is 25.6 Å².